The molecule has 1 fully saturated rings. The highest BCUT2D eigenvalue weighted by Gasteiger charge is 2.37. The van der Waals surface area contributed by atoms with E-state index in [9.17, 15) is 13.2 Å². The lowest BCUT2D eigenvalue weighted by Crippen LogP contribution is -2.31. The van der Waals surface area contributed by atoms with Crippen molar-refractivity contribution < 1.29 is 17.6 Å². The maximum Gasteiger partial charge on any atom is 0.451 e. The van der Waals surface area contributed by atoms with Gasteiger partial charge < -0.3 is 4.42 Å². The molecule has 4 nitrogen and oxygen atoms in total. The number of rotatable bonds is 3. The highest BCUT2D eigenvalue weighted by molar-refractivity contribution is 5.22. The van der Waals surface area contributed by atoms with Crippen molar-refractivity contribution in [2.45, 2.75) is 44.9 Å². The maximum atomic E-state index is 12.7. The summed E-state index contributed by atoms with van der Waals surface area (Å²) in [6, 6.07) is 4.04. The van der Waals surface area contributed by atoms with E-state index in [0.717, 1.165) is 17.1 Å². The average molecular weight is 337 g/mol. The molecule has 24 heavy (non-hydrogen) atoms. The predicted molar refractivity (Wildman–Crippen MR) is 80.1 cm³/mol. The van der Waals surface area contributed by atoms with E-state index < -0.39 is 12.0 Å². The van der Waals surface area contributed by atoms with Crippen molar-refractivity contribution in [2.75, 3.05) is 6.54 Å². The third-order valence-electron chi connectivity index (χ3n) is 4.80. The summed E-state index contributed by atoms with van der Waals surface area (Å²) in [4.78, 5) is 9.30. The average Bonchev–Trinajstić information content (AvgIpc) is 3.08. The largest absolute Gasteiger partial charge is 0.464 e. The number of nitrogens with zero attached hydrogens (tertiary/aromatic N) is 3. The molecule has 1 saturated carbocycles. The number of furan rings is 1. The van der Waals surface area contributed by atoms with Gasteiger partial charge in [0, 0.05) is 37.2 Å². The Morgan fingerprint density at radius 2 is 2.12 bits per heavy atom. The molecule has 128 valence electrons. The van der Waals surface area contributed by atoms with Crippen LogP contribution in [0.4, 0.5) is 13.2 Å². The molecular formula is C17H18F3N3O. The maximum absolute atomic E-state index is 12.7. The number of alkyl halides is 3. The number of halogens is 3. The summed E-state index contributed by atoms with van der Waals surface area (Å²) in [6.45, 7) is 4.08. The zero-order chi connectivity index (χ0) is 16.9. The Kier molecular flexibility index (Phi) is 3.63. The highest BCUT2D eigenvalue weighted by atomic mass is 19.4. The Balaban J connectivity index is 1.44. The molecule has 4 rings (SSSR count). The van der Waals surface area contributed by atoms with Crippen molar-refractivity contribution in [1.29, 1.82) is 0 Å². The van der Waals surface area contributed by atoms with Crippen molar-refractivity contribution in [3.05, 3.63) is 46.9 Å². The first-order valence-corrected chi connectivity index (χ1v) is 8.13. The summed E-state index contributed by atoms with van der Waals surface area (Å²) in [5, 5.41) is 0. The van der Waals surface area contributed by atoms with Crippen molar-refractivity contribution in [2.24, 2.45) is 5.92 Å². The van der Waals surface area contributed by atoms with Crippen molar-refractivity contribution in [3.63, 3.8) is 0 Å². The van der Waals surface area contributed by atoms with Crippen molar-refractivity contribution in [3.8, 4) is 0 Å². The first-order chi connectivity index (χ1) is 11.4. The molecule has 1 aliphatic heterocycles. The molecule has 0 radical (unpaired) electrons. The van der Waals surface area contributed by atoms with Crippen LogP contribution in [-0.4, -0.2) is 21.4 Å². The Morgan fingerprint density at radius 3 is 2.83 bits per heavy atom. The van der Waals surface area contributed by atoms with Gasteiger partial charge in [0.2, 0.25) is 5.82 Å². The van der Waals surface area contributed by atoms with Gasteiger partial charge in [-0.25, -0.2) is 9.97 Å². The van der Waals surface area contributed by atoms with E-state index in [1.54, 1.807) is 0 Å². The quantitative estimate of drug-likeness (QED) is 0.855. The van der Waals surface area contributed by atoms with Crippen LogP contribution in [-0.2, 0) is 25.7 Å². The number of hydrogen-bond acceptors (Lipinski definition) is 4. The van der Waals surface area contributed by atoms with Crippen LogP contribution >= 0.6 is 0 Å². The van der Waals surface area contributed by atoms with Gasteiger partial charge in [0.1, 0.15) is 11.5 Å². The molecule has 1 aliphatic carbocycles. The molecule has 3 heterocycles. The van der Waals surface area contributed by atoms with Crippen LogP contribution in [0.3, 0.4) is 0 Å². The fourth-order valence-electron chi connectivity index (χ4n) is 3.26. The second kappa shape index (κ2) is 5.58. The van der Waals surface area contributed by atoms with Gasteiger partial charge in [0.15, 0.2) is 0 Å². The molecular weight excluding hydrogens is 319 g/mol. The van der Waals surface area contributed by atoms with E-state index in [0.29, 0.717) is 43.6 Å². The number of hydrogen-bond donors (Lipinski definition) is 0. The predicted octanol–water partition coefficient (Wildman–Crippen LogP) is 3.77. The normalized spacial score (nSPS) is 24.0. The lowest BCUT2D eigenvalue weighted by Gasteiger charge is -2.27. The molecule has 2 aromatic heterocycles. The van der Waals surface area contributed by atoms with Crippen LogP contribution < -0.4 is 0 Å². The van der Waals surface area contributed by atoms with Gasteiger partial charge in [-0.2, -0.15) is 13.2 Å². The van der Waals surface area contributed by atoms with Crippen LogP contribution in [0, 0.1) is 5.92 Å². The Labute approximate surface area is 137 Å². The van der Waals surface area contributed by atoms with E-state index in [1.165, 1.54) is 12.6 Å². The van der Waals surface area contributed by atoms with Gasteiger partial charge in [-0.15, -0.1) is 0 Å². The summed E-state index contributed by atoms with van der Waals surface area (Å²) >= 11 is 0. The molecule has 0 N–H and O–H groups in total. The van der Waals surface area contributed by atoms with Crippen LogP contribution in [0.15, 0.2) is 22.7 Å². The summed E-state index contributed by atoms with van der Waals surface area (Å²) in [5.41, 5.74) is 1.26. The molecule has 7 heteroatoms. The van der Waals surface area contributed by atoms with Crippen LogP contribution in [0.5, 0.6) is 0 Å². The lowest BCUT2D eigenvalue weighted by atomic mass is 10.1. The zero-order valence-electron chi connectivity index (χ0n) is 13.3. The van der Waals surface area contributed by atoms with E-state index in [1.807, 2.05) is 12.1 Å². The third-order valence-corrected chi connectivity index (χ3v) is 4.80. The Morgan fingerprint density at radius 1 is 1.33 bits per heavy atom. The van der Waals surface area contributed by atoms with Crippen LogP contribution in [0.1, 0.15) is 47.9 Å². The molecule has 0 saturated heterocycles. The van der Waals surface area contributed by atoms with Crippen LogP contribution in [0.2, 0.25) is 0 Å². The summed E-state index contributed by atoms with van der Waals surface area (Å²) < 4.78 is 43.9. The molecule has 2 unspecified atom stereocenters. The second-order valence-electron chi connectivity index (χ2n) is 6.75. The van der Waals surface area contributed by atoms with Gasteiger partial charge in [0.05, 0.1) is 12.2 Å². The van der Waals surface area contributed by atoms with E-state index in [4.69, 9.17) is 4.42 Å². The van der Waals surface area contributed by atoms with Gasteiger partial charge in [-0.3, -0.25) is 4.90 Å². The summed E-state index contributed by atoms with van der Waals surface area (Å²) in [6.07, 6.45) is -1.51. The molecule has 0 aromatic carbocycles. The molecule has 2 aliphatic rings. The molecule has 2 atom stereocenters. The Bertz CT molecular complexity index is 756. The topological polar surface area (TPSA) is 42.2 Å². The van der Waals surface area contributed by atoms with Gasteiger partial charge >= 0.3 is 6.18 Å². The minimum atomic E-state index is -4.49. The first kappa shape index (κ1) is 15.6. The molecule has 0 amide bonds. The monoisotopic (exact) mass is 337 g/mol. The zero-order valence-corrected chi connectivity index (χ0v) is 13.3. The summed E-state index contributed by atoms with van der Waals surface area (Å²) in [7, 11) is 0. The fraction of sp³-hybridized carbons (Fsp3) is 0.529. The lowest BCUT2D eigenvalue weighted by molar-refractivity contribution is -0.145. The smallest absolute Gasteiger partial charge is 0.451 e. The molecule has 0 bridgehead atoms. The second-order valence-corrected chi connectivity index (χ2v) is 6.75. The standard InChI is InChI=1S/C17H18F3N3O/c1-10-6-13(10)15-3-2-12(24-15)9-23-5-4-14-11(8-23)7-21-16(22-14)17(18,19)20/h2-3,7,10,13H,4-6,8-9H2,1H3. The summed E-state index contributed by atoms with van der Waals surface area (Å²) in [5.74, 6) is 2.15. The fourth-order valence-corrected chi connectivity index (χ4v) is 3.26. The SMILES string of the molecule is CC1CC1c1ccc(CN2CCc3nc(C(F)(F)F)ncc3C2)o1. The molecule has 2 aromatic rings. The van der Waals surface area contributed by atoms with Crippen molar-refractivity contribution in [1.82, 2.24) is 14.9 Å². The highest BCUT2D eigenvalue weighted by Crippen LogP contribution is 2.47. The molecule has 0 spiro atoms. The number of fused-ring (bicyclic) bond motifs is 1. The number of aromatic nitrogens is 2. The van der Waals surface area contributed by atoms with Gasteiger partial charge in [-0.05, 0) is 24.5 Å². The van der Waals surface area contributed by atoms with Crippen LogP contribution in [0.25, 0.3) is 0 Å². The van der Waals surface area contributed by atoms with Gasteiger partial charge in [0.25, 0.3) is 0 Å². The van der Waals surface area contributed by atoms with E-state index in [2.05, 4.69) is 21.8 Å². The minimum Gasteiger partial charge on any atom is -0.464 e. The first-order valence-electron chi connectivity index (χ1n) is 8.13. The van der Waals surface area contributed by atoms with E-state index in [-0.39, 0.29) is 0 Å². The third kappa shape index (κ3) is 3.05. The van der Waals surface area contributed by atoms with E-state index >= 15 is 0 Å². The minimum absolute atomic E-state index is 0.494. The van der Waals surface area contributed by atoms with Crippen molar-refractivity contribution >= 4 is 0 Å². The Hall–Kier alpha value is -1.89. The van der Waals surface area contributed by atoms with Gasteiger partial charge in [-0.1, -0.05) is 6.92 Å².